The van der Waals surface area contributed by atoms with Gasteiger partial charge in [0, 0.05) is 6.57 Å². The van der Waals surface area contributed by atoms with Gasteiger partial charge in [-0.05, 0) is 12.1 Å². The minimum atomic E-state index is -0.475. The second-order valence-corrected chi connectivity index (χ2v) is 1.64. The molecule has 58 valence electrons. The molecular weight excluding hydrogens is 146 g/mol. The smallest absolute Gasteiger partial charge is 0.200 e. The van der Waals surface area contributed by atoms with Gasteiger partial charge in [-0.25, -0.2) is 5.26 Å². The van der Waals surface area contributed by atoms with Crippen LogP contribution in [0.15, 0.2) is 18.2 Å². The number of benzene rings is 1. The molecule has 0 bridgehead atoms. The summed E-state index contributed by atoms with van der Waals surface area (Å²) in [6, 6.07) is 4.01. The van der Waals surface area contributed by atoms with Crippen LogP contribution in [0.5, 0.6) is 17.2 Å². The molecule has 0 heterocycles. The summed E-state index contributed by atoms with van der Waals surface area (Å²) in [5.74, 6) is -1.09. The maximum atomic E-state index is 8.71. The molecule has 11 heavy (non-hydrogen) atoms. The molecule has 0 atom stereocenters. The maximum absolute atomic E-state index is 8.71. The van der Waals surface area contributed by atoms with Crippen molar-refractivity contribution in [3.8, 4) is 23.8 Å². The molecule has 0 radical (unpaired) electrons. The average Bonchev–Trinajstić information content (AvgIpc) is 2.04. The fraction of sp³-hybridized carbons (Fsp3) is 0. The predicted octanol–water partition coefficient (Wildman–Crippen LogP) is 0.943. The third kappa shape index (κ3) is 2.06. The zero-order valence-electron chi connectivity index (χ0n) is 5.60. The van der Waals surface area contributed by atoms with Crippen LogP contribution in [0, 0.1) is 11.8 Å². The number of phenols is 3. The molecule has 3 N–H and O–H groups in total. The summed E-state index contributed by atoms with van der Waals surface area (Å²) in [5.41, 5.74) is 0. The highest BCUT2D eigenvalue weighted by Gasteiger charge is 2.00. The van der Waals surface area contributed by atoms with E-state index < -0.39 is 5.75 Å². The number of hydrogen-bond donors (Lipinski definition) is 3. The van der Waals surface area contributed by atoms with E-state index in [4.69, 9.17) is 20.6 Å². The Morgan fingerprint density at radius 2 is 1.36 bits per heavy atom. The van der Waals surface area contributed by atoms with Gasteiger partial charge in [0.1, 0.15) is 0 Å². The summed E-state index contributed by atoms with van der Waals surface area (Å²) < 4.78 is 0. The van der Waals surface area contributed by atoms with Crippen LogP contribution in [0.2, 0.25) is 0 Å². The second-order valence-electron chi connectivity index (χ2n) is 1.64. The van der Waals surface area contributed by atoms with Gasteiger partial charge in [-0.3, -0.25) is 0 Å². The minimum absolute atomic E-state index is 0.310. The summed E-state index contributed by atoms with van der Waals surface area (Å²) >= 11 is 0. The van der Waals surface area contributed by atoms with Crippen molar-refractivity contribution in [3.05, 3.63) is 18.2 Å². The van der Waals surface area contributed by atoms with Crippen LogP contribution in [-0.4, -0.2) is 15.3 Å². The Balaban J connectivity index is 0.000000461. The molecule has 0 saturated heterocycles. The summed E-state index contributed by atoms with van der Waals surface area (Å²) in [5, 5.41) is 32.6. The van der Waals surface area contributed by atoms with Crippen molar-refractivity contribution in [2.24, 2.45) is 0 Å². The second kappa shape index (κ2) is 4.01. The monoisotopic (exact) mass is 153 g/mol. The fourth-order valence-corrected chi connectivity index (χ4v) is 0.519. The minimum Gasteiger partial charge on any atom is -0.504 e. The summed E-state index contributed by atoms with van der Waals surface area (Å²) in [6.07, 6.45) is 0. The lowest BCUT2D eigenvalue weighted by molar-refractivity contribution is 0.368. The van der Waals surface area contributed by atoms with Crippen molar-refractivity contribution < 1.29 is 15.3 Å². The van der Waals surface area contributed by atoms with E-state index in [9.17, 15) is 0 Å². The van der Waals surface area contributed by atoms with E-state index in [2.05, 4.69) is 6.57 Å². The van der Waals surface area contributed by atoms with E-state index in [1.54, 1.807) is 0 Å². The molecule has 1 rings (SSSR count). The Morgan fingerprint density at radius 1 is 1.00 bits per heavy atom. The Labute approximate surface area is 63.6 Å². The van der Waals surface area contributed by atoms with Crippen LogP contribution >= 0.6 is 0 Å². The van der Waals surface area contributed by atoms with Gasteiger partial charge in [-0.2, -0.15) is 0 Å². The largest absolute Gasteiger partial charge is 0.504 e. The number of nitriles is 1. The van der Waals surface area contributed by atoms with Crippen molar-refractivity contribution in [1.82, 2.24) is 0 Å². The van der Waals surface area contributed by atoms with Crippen molar-refractivity contribution in [2.75, 3.05) is 0 Å². The SMILES string of the molecule is C#N.Oc1cccc(O)c1O. The number of nitrogens with zero attached hydrogens (tertiary/aromatic N) is 1. The van der Waals surface area contributed by atoms with E-state index in [-0.39, 0.29) is 11.5 Å². The van der Waals surface area contributed by atoms with E-state index >= 15 is 0 Å². The van der Waals surface area contributed by atoms with Gasteiger partial charge in [0.15, 0.2) is 17.2 Å². The van der Waals surface area contributed by atoms with E-state index in [1.165, 1.54) is 18.2 Å². The van der Waals surface area contributed by atoms with Crippen molar-refractivity contribution in [2.45, 2.75) is 0 Å². The highest BCUT2D eigenvalue weighted by Crippen LogP contribution is 2.32. The lowest BCUT2D eigenvalue weighted by atomic mass is 10.3. The maximum Gasteiger partial charge on any atom is 0.200 e. The van der Waals surface area contributed by atoms with Crippen molar-refractivity contribution >= 4 is 0 Å². The van der Waals surface area contributed by atoms with Gasteiger partial charge in [0.25, 0.3) is 0 Å². The molecule has 0 aliphatic rings. The quantitative estimate of drug-likeness (QED) is 0.484. The molecule has 0 aliphatic heterocycles. The van der Waals surface area contributed by atoms with Crippen LogP contribution in [0.25, 0.3) is 0 Å². The molecule has 0 aliphatic carbocycles. The molecule has 0 fully saturated rings. The number of phenolic OH excluding ortho intramolecular Hbond substituents is 3. The molecule has 0 saturated carbocycles. The average molecular weight is 153 g/mol. The van der Waals surface area contributed by atoms with Gasteiger partial charge in [0.05, 0.1) is 0 Å². The number of hydrogen-bond acceptors (Lipinski definition) is 4. The fourth-order valence-electron chi connectivity index (χ4n) is 0.519. The lowest BCUT2D eigenvalue weighted by Crippen LogP contribution is -1.67. The first-order valence-corrected chi connectivity index (χ1v) is 2.67. The van der Waals surface area contributed by atoms with Gasteiger partial charge in [0.2, 0.25) is 0 Å². The van der Waals surface area contributed by atoms with E-state index in [1.807, 2.05) is 0 Å². The van der Waals surface area contributed by atoms with Crippen molar-refractivity contribution in [3.63, 3.8) is 0 Å². The topological polar surface area (TPSA) is 84.5 Å². The van der Waals surface area contributed by atoms with E-state index in [0.717, 1.165) is 0 Å². The summed E-state index contributed by atoms with van der Waals surface area (Å²) in [4.78, 5) is 0. The van der Waals surface area contributed by atoms with Crippen LogP contribution in [0.4, 0.5) is 0 Å². The van der Waals surface area contributed by atoms with Crippen LogP contribution < -0.4 is 0 Å². The van der Waals surface area contributed by atoms with E-state index in [0.29, 0.717) is 0 Å². The molecule has 0 aromatic heterocycles. The molecule has 0 amide bonds. The van der Waals surface area contributed by atoms with Gasteiger partial charge < -0.3 is 15.3 Å². The molecule has 0 spiro atoms. The Hall–Kier alpha value is -1.89. The lowest BCUT2D eigenvalue weighted by Gasteiger charge is -1.96. The third-order valence-corrected chi connectivity index (χ3v) is 0.993. The molecule has 1 aromatic rings. The first-order chi connectivity index (χ1) is 5.22. The normalized spacial score (nSPS) is 7.82. The van der Waals surface area contributed by atoms with Crippen LogP contribution in [0.1, 0.15) is 0 Å². The Morgan fingerprint density at radius 3 is 1.64 bits per heavy atom. The molecular formula is C7H7NO3. The molecule has 4 heteroatoms. The highest BCUT2D eigenvalue weighted by atomic mass is 16.3. The van der Waals surface area contributed by atoms with Gasteiger partial charge in [-0.15, -0.1) is 0 Å². The number of para-hydroxylation sites is 1. The summed E-state index contributed by atoms with van der Waals surface area (Å²) in [6.45, 7) is 3.50. The summed E-state index contributed by atoms with van der Waals surface area (Å²) in [7, 11) is 0. The molecule has 1 aromatic carbocycles. The highest BCUT2D eigenvalue weighted by molar-refractivity contribution is 5.47. The van der Waals surface area contributed by atoms with Gasteiger partial charge in [-0.1, -0.05) is 6.07 Å². The van der Waals surface area contributed by atoms with Gasteiger partial charge >= 0.3 is 0 Å². The van der Waals surface area contributed by atoms with Crippen LogP contribution in [-0.2, 0) is 0 Å². The molecule has 0 unspecified atom stereocenters. The standard InChI is InChI=1S/C6H6O3.CHN/c7-4-2-1-3-5(8)6(4)9;1-2/h1-3,7-9H;1H. The zero-order valence-corrected chi connectivity index (χ0v) is 5.60. The zero-order chi connectivity index (χ0) is 8.85. The van der Waals surface area contributed by atoms with Crippen molar-refractivity contribution in [1.29, 1.82) is 5.26 Å². The number of aromatic hydroxyl groups is 3. The van der Waals surface area contributed by atoms with Crippen LogP contribution in [0.3, 0.4) is 0 Å². The first-order valence-electron chi connectivity index (χ1n) is 2.67. The first kappa shape index (κ1) is 9.11. The Bertz CT molecular complexity index is 237. The third-order valence-electron chi connectivity index (χ3n) is 0.993. The molecule has 4 nitrogen and oxygen atoms in total. The predicted molar refractivity (Wildman–Crippen MR) is 38.1 cm³/mol. The Kier molecular flexibility index (Phi) is 3.32. The number of rotatable bonds is 0.